The molecule has 0 unspecified atom stereocenters. The highest BCUT2D eigenvalue weighted by Crippen LogP contribution is 2.19. The molecule has 0 bridgehead atoms. The van der Waals surface area contributed by atoms with Crippen LogP contribution < -0.4 is 5.43 Å². The van der Waals surface area contributed by atoms with Gasteiger partial charge in [0.25, 0.3) is 5.91 Å². The van der Waals surface area contributed by atoms with Crippen LogP contribution in [0.5, 0.6) is 0 Å². The van der Waals surface area contributed by atoms with Crippen LogP contribution in [-0.2, 0) is 6.42 Å². The zero-order valence-electron chi connectivity index (χ0n) is 12.0. The third kappa shape index (κ3) is 2.99. The summed E-state index contributed by atoms with van der Waals surface area (Å²) in [4.78, 5) is 16.5. The molecular formula is C17H17N3O. The average molecular weight is 279 g/mol. The first kappa shape index (κ1) is 13.5. The normalized spacial score (nSPS) is 15.6. The number of benzene rings is 1. The van der Waals surface area contributed by atoms with Gasteiger partial charge in [-0.05, 0) is 49.9 Å². The maximum atomic E-state index is 12.1. The third-order valence-corrected chi connectivity index (χ3v) is 3.63. The monoisotopic (exact) mass is 279 g/mol. The van der Waals surface area contributed by atoms with Crippen molar-refractivity contribution in [2.75, 3.05) is 0 Å². The Morgan fingerprint density at radius 2 is 2.00 bits per heavy atom. The number of rotatable bonds is 2. The fraction of sp³-hybridized carbons (Fsp3) is 0.235. The second-order valence-electron chi connectivity index (χ2n) is 5.23. The molecule has 0 aliphatic heterocycles. The van der Waals surface area contributed by atoms with Crippen molar-refractivity contribution in [1.29, 1.82) is 0 Å². The van der Waals surface area contributed by atoms with Gasteiger partial charge in [0.15, 0.2) is 0 Å². The van der Waals surface area contributed by atoms with Crippen molar-refractivity contribution in [2.24, 2.45) is 5.10 Å². The zero-order valence-corrected chi connectivity index (χ0v) is 12.0. The topological polar surface area (TPSA) is 54.4 Å². The fourth-order valence-electron chi connectivity index (χ4n) is 2.46. The van der Waals surface area contributed by atoms with E-state index in [2.05, 4.69) is 21.6 Å². The van der Waals surface area contributed by atoms with Gasteiger partial charge in [-0.3, -0.25) is 9.78 Å². The summed E-state index contributed by atoms with van der Waals surface area (Å²) in [6, 6.07) is 11.4. The molecule has 4 nitrogen and oxygen atoms in total. The van der Waals surface area contributed by atoms with E-state index in [9.17, 15) is 4.79 Å². The number of fused-ring (bicyclic) bond motifs is 1. The standard InChI is InChI=1S/C17H17N3O/c1-12-7-9-14(10-8-12)17(21)20-19-15-6-2-4-13-5-3-11-18-16(13)15/h3,5,7-11H,2,4,6H2,1H3,(H,20,21)/b19-15+. The lowest BCUT2D eigenvalue weighted by molar-refractivity contribution is 0.0954. The molecule has 1 N–H and O–H groups in total. The van der Waals surface area contributed by atoms with E-state index in [1.165, 1.54) is 5.56 Å². The van der Waals surface area contributed by atoms with Crippen LogP contribution in [0.15, 0.2) is 47.7 Å². The number of hydrogen-bond donors (Lipinski definition) is 1. The van der Waals surface area contributed by atoms with Crippen LogP contribution in [0.25, 0.3) is 0 Å². The minimum atomic E-state index is -0.189. The van der Waals surface area contributed by atoms with Crippen molar-refractivity contribution >= 4 is 11.6 Å². The number of aryl methyl sites for hydroxylation is 2. The van der Waals surface area contributed by atoms with Gasteiger partial charge in [-0.1, -0.05) is 23.8 Å². The van der Waals surface area contributed by atoms with Crippen molar-refractivity contribution in [2.45, 2.75) is 26.2 Å². The molecule has 1 aliphatic carbocycles. The van der Waals surface area contributed by atoms with Crippen LogP contribution in [0.3, 0.4) is 0 Å². The van der Waals surface area contributed by atoms with Crippen LogP contribution in [0.2, 0.25) is 0 Å². The zero-order chi connectivity index (χ0) is 14.7. The summed E-state index contributed by atoms with van der Waals surface area (Å²) in [5.41, 5.74) is 7.35. The summed E-state index contributed by atoms with van der Waals surface area (Å²) in [6.45, 7) is 1.99. The molecule has 1 aliphatic rings. The van der Waals surface area contributed by atoms with Crippen LogP contribution in [-0.4, -0.2) is 16.6 Å². The number of carbonyl (C=O) groups excluding carboxylic acids is 1. The maximum Gasteiger partial charge on any atom is 0.271 e. The predicted molar refractivity (Wildman–Crippen MR) is 82.4 cm³/mol. The first-order valence-electron chi connectivity index (χ1n) is 7.12. The highest BCUT2D eigenvalue weighted by molar-refractivity contribution is 6.02. The average Bonchev–Trinajstić information content (AvgIpc) is 2.53. The van der Waals surface area contributed by atoms with Gasteiger partial charge in [0.05, 0.1) is 11.4 Å². The Bertz CT molecular complexity index is 689. The van der Waals surface area contributed by atoms with Gasteiger partial charge in [0.2, 0.25) is 0 Å². The van der Waals surface area contributed by atoms with E-state index in [4.69, 9.17) is 0 Å². The number of nitrogens with one attached hydrogen (secondary N) is 1. The van der Waals surface area contributed by atoms with Gasteiger partial charge < -0.3 is 0 Å². The Kier molecular flexibility index (Phi) is 3.77. The molecule has 1 heterocycles. The lowest BCUT2D eigenvalue weighted by atomic mass is 9.95. The number of aromatic nitrogens is 1. The molecule has 1 aromatic carbocycles. The van der Waals surface area contributed by atoms with E-state index in [1.54, 1.807) is 18.3 Å². The Hall–Kier alpha value is -2.49. The third-order valence-electron chi connectivity index (χ3n) is 3.63. The molecule has 0 saturated carbocycles. The van der Waals surface area contributed by atoms with Crippen LogP contribution in [0, 0.1) is 6.92 Å². The summed E-state index contributed by atoms with van der Waals surface area (Å²) in [7, 11) is 0. The molecule has 1 aromatic heterocycles. The summed E-state index contributed by atoms with van der Waals surface area (Å²) < 4.78 is 0. The molecule has 2 aromatic rings. The quantitative estimate of drug-likeness (QED) is 0.859. The van der Waals surface area contributed by atoms with Gasteiger partial charge in [-0.15, -0.1) is 0 Å². The molecule has 21 heavy (non-hydrogen) atoms. The highest BCUT2D eigenvalue weighted by Gasteiger charge is 2.16. The molecule has 0 radical (unpaired) electrons. The minimum absolute atomic E-state index is 0.189. The largest absolute Gasteiger partial charge is 0.271 e. The number of hydrogen-bond acceptors (Lipinski definition) is 3. The molecule has 0 atom stereocenters. The molecule has 0 spiro atoms. The fourth-order valence-corrected chi connectivity index (χ4v) is 2.46. The number of amides is 1. The lowest BCUT2D eigenvalue weighted by Crippen LogP contribution is -2.22. The van der Waals surface area contributed by atoms with E-state index >= 15 is 0 Å². The van der Waals surface area contributed by atoms with Crippen molar-refractivity contribution in [3.8, 4) is 0 Å². The SMILES string of the molecule is Cc1ccc(C(=O)N/N=C2\CCCc3cccnc32)cc1. The van der Waals surface area contributed by atoms with Crippen LogP contribution >= 0.6 is 0 Å². The molecular weight excluding hydrogens is 262 g/mol. The molecule has 1 amide bonds. The Balaban J connectivity index is 1.78. The van der Waals surface area contributed by atoms with Crippen molar-refractivity contribution < 1.29 is 4.79 Å². The van der Waals surface area contributed by atoms with E-state index < -0.39 is 0 Å². The Labute approximate surface area is 123 Å². The highest BCUT2D eigenvalue weighted by atomic mass is 16.2. The summed E-state index contributed by atoms with van der Waals surface area (Å²) in [5.74, 6) is -0.189. The summed E-state index contributed by atoms with van der Waals surface area (Å²) in [6.07, 6.45) is 4.67. The smallest absolute Gasteiger partial charge is 0.267 e. The van der Waals surface area contributed by atoms with E-state index in [-0.39, 0.29) is 5.91 Å². The first-order valence-corrected chi connectivity index (χ1v) is 7.12. The van der Waals surface area contributed by atoms with Gasteiger partial charge >= 0.3 is 0 Å². The van der Waals surface area contributed by atoms with Crippen molar-refractivity contribution in [1.82, 2.24) is 10.4 Å². The molecule has 0 saturated heterocycles. The Morgan fingerprint density at radius 3 is 2.81 bits per heavy atom. The van der Waals surface area contributed by atoms with Crippen LogP contribution in [0.4, 0.5) is 0 Å². The van der Waals surface area contributed by atoms with Gasteiger partial charge in [0.1, 0.15) is 0 Å². The summed E-state index contributed by atoms with van der Waals surface area (Å²) >= 11 is 0. The predicted octanol–water partition coefficient (Wildman–Crippen LogP) is 2.86. The number of pyridine rings is 1. The van der Waals surface area contributed by atoms with E-state index in [0.717, 1.165) is 36.2 Å². The number of hydrazone groups is 1. The Morgan fingerprint density at radius 1 is 1.19 bits per heavy atom. The lowest BCUT2D eigenvalue weighted by Gasteiger charge is -2.16. The van der Waals surface area contributed by atoms with E-state index in [0.29, 0.717) is 5.56 Å². The molecule has 4 heteroatoms. The van der Waals surface area contributed by atoms with Gasteiger partial charge in [0, 0.05) is 11.8 Å². The van der Waals surface area contributed by atoms with Crippen molar-refractivity contribution in [3.63, 3.8) is 0 Å². The number of carbonyl (C=O) groups is 1. The van der Waals surface area contributed by atoms with Crippen LogP contribution in [0.1, 0.15) is 40.0 Å². The summed E-state index contributed by atoms with van der Waals surface area (Å²) in [5, 5.41) is 4.28. The second kappa shape index (κ2) is 5.87. The van der Waals surface area contributed by atoms with Gasteiger partial charge in [-0.2, -0.15) is 5.10 Å². The maximum absolute atomic E-state index is 12.1. The molecule has 106 valence electrons. The van der Waals surface area contributed by atoms with E-state index in [1.807, 2.05) is 25.1 Å². The molecule has 0 fully saturated rings. The second-order valence-corrected chi connectivity index (χ2v) is 5.23. The minimum Gasteiger partial charge on any atom is -0.267 e. The van der Waals surface area contributed by atoms with Crippen molar-refractivity contribution in [3.05, 3.63) is 65.0 Å². The number of nitrogens with zero attached hydrogens (tertiary/aromatic N) is 2. The first-order chi connectivity index (χ1) is 10.2. The molecule has 3 rings (SSSR count). The van der Waals surface area contributed by atoms with Gasteiger partial charge in [-0.25, -0.2) is 5.43 Å².